The van der Waals surface area contributed by atoms with Gasteiger partial charge in [0.05, 0.1) is 23.2 Å². The van der Waals surface area contributed by atoms with E-state index < -0.39 is 10.0 Å². The Morgan fingerprint density at radius 1 is 1.18 bits per heavy atom. The predicted molar refractivity (Wildman–Crippen MR) is 104 cm³/mol. The van der Waals surface area contributed by atoms with Crippen LogP contribution in [0.15, 0.2) is 41.3 Å². The number of aryl methyl sites for hydroxylation is 1. The quantitative estimate of drug-likeness (QED) is 0.849. The molecule has 148 valence electrons. The van der Waals surface area contributed by atoms with Crippen molar-refractivity contribution >= 4 is 21.6 Å². The number of hydrogen-bond donors (Lipinski definition) is 1. The van der Waals surface area contributed by atoms with Gasteiger partial charge in [-0.1, -0.05) is 18.2 Å². The summed E-state index contributed by atoms with van der Waals surface area (Å²) in [5, 5.41) is 0. The summed E-state index contributed by atoms with van der Waals surface area (Å²) in [7, 11) is -3.78. The maximum Gasteiger partial charge on any atom is 0.241 e. The molecular weight excluding hydrogens is 380 g/mol. The van der Waals surface area contributed by atoms with Gasteiger partial charge in [-0.2, -0.15) is 0 Å². The second kappa shape index (κ2) is 7.10. The summed E-state index contributed by atoms with van der Waals surface area (Å²) in [5.74, 6) is 1.09. The van der Waals surface area contributed by atoms with Gasteiger partial charge in [-0.25, -0.2) is 13.1 Å². The molecule has 1 atom stereocenters. The minimum absolute atomic E-state index is 0.101. The number of carbonyl (C=O) groups is 1. The zero-order valence-corrected chi connectivity index (χ0v) is 16.6. The monoisotopic (exact) mass is 402 g/mol. The molecule has 0 aliphatic carbocycles. The summed E-state index contributed by atoms with van der Waals surface area (Å²) in [4.78, 5) is 13.6. The summed E-state index contributed by atoms with van der Waals surface area (Å²) >= 11 is 0. The van der Waals surface area contributed by atoms with E-state index in [2.05, 4.69) is 4.72 Å². The average Bonchev–Trinajstić information content (AvgIpc) is 2.66. The Labute approximate surface area is 164 Å². The SMILES string of the molecule is CC(=O)N1CCOc2cc(S(=O)(=O)N[C@@H]3COc4ccccc4C3)c(C)cc21. The molecule has 0 aromatic heterocycles. The van der Waals surface area contributed by atoms with Gasteiger partial charge in [-0.05, 0) is 36.6 Å². The van der Waals surface area contributed by atoms with Gasteiger partial charge in [0.1, 0.15) is 24.7 Å². The van der Waals surface area contributed by atoms with Gasteiger partial charge in [0.15, 0.2) is 0 Å². The number of amides is 1. The molecular formula is C20H22N2O5S. The molecule has 1 amide bonds. The molecule has 28 heavy (non-hydrogen) atoms. The standard InChI is InChI=1S/C20H22N2O5S/c1-13-9-17-19(26-8-7-22(17)14(2)23)11-20(13)28(24,25)21-16-10-15-5-3-4-6-18(15)27-12-16/h3-6,9,11,16,21H,7-8,10,12H2,1-2H3/t16-/m0/s1. The summed E-state index contributed by atoms with van der Waals surface area (Å²) in [6, 6.07) is 10.5. The van der Waals surface area contributed by atoms with Gasteiger partial charge in [0, 0.05) is 13.0 Å². The van der Waals surface area contributed by atoms with E-state index in [0.717, 1.165) is 11.3 Å². The van der Waals surface area contributed by atoms with Crippen molar-refractivity contribution in [2.75, 3.05) is 24.7 Å². The van der Waals surface area contributed by atoms with Crippen LogP contribution in [0.3, 0.4) is 0 Å². The van der Waals surface area contributed by atoms with Crippen LogP contribution in [-0.2, 0) is 21.2 Å². The van der Waals surface area contributed by atoms with Crippen LogP contribution in [0.2, 0.25) is 0 Å². The lowest BCUT2D eigenvalue weighted by Gasteiger charge is -2.30. The van der Waals surface area contributed by atoms with Crippen LogP contribution >= 0.6 is 0 Å². The second-order valence-electron chi connectivity index (χ2n) is 7.05. The fourth-order valence-electron chi connectivity index (χ4n) is 3.65. The van der Waals surface area contributed by atoms with Gasteiger partial charge in [-0.15, -0.1) is 0 Å². The van der Waals surface area contributed by atoms with Crippen molar-refractivity contribution in [3.8, 4) is 11.5 Å². The van der Waals surface area contributed by atoms with Crippen molar-refractivity contribution in [1.82, 2.24) is 4.72 Å². The van der Waals surface area contributed by atoms with Crippen molar-refractivity contribution < 1.29 is 22.7 Å². The van der Waals surface area contributed by atoms with E-state index >= 15 is 0 Å². The average molecular weight is 402 g/mol. The maximum atomic E-state index is 13.0. The molecule has 7 nitrogen and oxygen atoms in total. The first-order valence-corrected chi connectivity index (χ1v) is 10.6. The van der Waals surface area contributed by atoms with E-state index in [4.69, 9.17) is 9.47 Å². The van der Waals surface area contributed by atoms with Gasteiger partial charge < -0.3 is 14.4 Å². The van der Waals surface area contributed by atoms with Crippen LogP contribution in [0.5, 0.6) is 11.5 Å². The van der Waals surface area contributed by atoms with Crippen molar-refractivity contribution in [2.45, 2.75) is 31.2 Å². The highest BCUT2D eigenvalue weighted by atomic mass is 32.2. The van der Waals surface area contributed by atoms with E-state index in [1.165, 1.54) is 13.0 Å². The molecule has 0 radical (unpaired) electrons. The summed E-state index contributed by atoms with van der Waals surface area (Å²) in [6.07, 6.45) is 0.563. The van der Waals surface area contributed by atoms with Crippen molar-refractivity contribution in [2.24, 2.45) is 0 Å². The molecule has 0 bridgehead atoms. The van der Waals surface area contributed by atoms with Gasteiger partial charge in [-0.3, -0.25) is 4.79 Å². The van der Waals surface area contributed by atoms with E-state index in [9.17, 15) is 13.2 Å². The largest absolute Gasteiger partial charge is 0.492 e. The van der Waals surface area contributed by atoms with E-state index in [-0.39, 0.29) is 23.5 Å². The molecule has 8 heteroatoms. The maximum absolute atomic E-state index is 13.0. The molecule has 0 spiro atoms. The van der Waals surface area contributed by atoms with Crippen molar-refractivity contribution in [1.29, 1.82) is 0 Å². The van der Waals surface area contributed by atoms with Crippen LogP contribution in [0.4, 0.5) is 5.69 Å². The third kappa shape index (κ3) is 3.45. The molecule has 0 unspecified atom stereocenters. The number of sulfonamides is 1. The second-order valence-corrected chi connectivity index (χ2v) is 8.73. The lowest BCUT2D eigenvalue weighted by atomic mass is 10.0. The number of carbonyl (C=O) groups excluding carboxylic acids is 1. The molecule has 0 fully saturated rings. The van der Waals surface area contributed by atoms with E-state index in [0.29, 0.717) is 36.6 Å². The molecule has 2 aromatic rings. The zero-order valence-electron chi connectivity index (χ0n) is 15.8. The number of hydrogen-bond acceptors (Lipinski definition) is 5. The number of rotatable bonds is 3. The summed E-state index contributed by atoms with van der Waals surface area (Å²) < 4.78 is 40.1. The van der Waals surface area contributed by atoms with Crippen molar-refractivity contribution in [3.63, 3.8) is 0 Å². The number of benzene rings is 2. The van der Waals surface area contributed by atoms with Crippen LogP contribution in [0.1, 0.15) is 18.1 Å². The molecule has 2 heterocycles. The van der Waals surface area contributed by atoms with Crippen LogP contribution < -0.4 is 19.1 Å². The molecule has 2 aliphatic rings. The highest BCUT2D eigenvalue weighted by Gasteiger charge is 2.29. The lowest BCUT2D eigenvalue weighted by Crippen LogP contribution is -2.43. The first-order chi connectivity index (χ1) is 13.3. The van der Waals surface area contributed by atoms with E-state index in [1.807, 2.05) is 24.3 Å². The number of nitrogens with zero attached hydrogens (tertiary/aromatic N) is 1. The topological polar surface area (TPSA) is 84.9 Å². The van der Waals surface area contributed by atoms with Crippen LogP contribution in [-0.4, -0.2) is 40.1 Å². The molecule has 2 aliphatic heterocycles. The lowest BCUT2D eigenvalue weighted by molar-refractivity contribution is -0.116. The molecule has 0 saturated carbocycles. The minimum Gasteiger partial charge on any atom is -0.492 e. The number of fused-ring (bicyclic) bond motifs is 2. The van der Waals surface area contributed by atoms with Crippen LogP contribution in [0, 0.1) is 6.92 Å². The van der Waals surface area contributed by atoms with Gasteiger partial charge in [0.2, 0.25) is 15.9 Å². The zero-order chi connectivity index (χ0) is 19.9. The normalized spacial score (nSPS) is 18.5. The highest BCUT2D eigenvalue weighted by Crippen LogP contribution is 2.36. The molecule has 1 N–H and O–H groups in total. The Morgan fingerprint density at radius 2 is 1.96 bits per heavy atom. The fraction of sp³-hybridized carbons (Fsp3) is 0.350. The Hall–Kier alpha value is -2.58. The fourth-order valence-corrected chi connectivity index (χ4v) is 5.11. The van der Waals surface area contributed by atoms with Crippen molar-refractivity contribution in [3.05, 3.63) is 47.5 Å². The van der Waals surface area contributed by atoms with E-state index in [1.54, 1.807) is 17.9 Å². The Kier molecular flexibility index (Phi) is 4.76. The number of para-hydroxylation sites is 1. The number of anilines is 1. The van der Waals surface area contributed by atoms with Gasteiger partial charge >= 0.3 is 0 Å². The molecule has 2 aromatic carbocycles. The third-order valence-corrected chi connectivity index (χ3v) is 6.65. The Balaban J connectivity index is 1.61. The Bertz CT molecular complexity index is 1030. The number of nitrogens with one attached hydrogen (secondary N) is 1. The highest BCUT2D eigenvalue weighted by molar-refractivity contribution is 7.89. The molecule has 4 rings (SSSR count). The predicted octanol–water partition coefficient (Wildman–Crippen LogP) is 2.02. The first kappa shape index (κ1) is 18.8. The molecule has 0 saturated heterocycles. The first-order valence-electron chi connectivity index (χ1n) is 9.14. The Morgan fingerprint density at radius 3 is 2.75 bits per heavy atom. The van der Waals surface area contributed by atoms with Crippen LogP contribution in [0.25, 0.3) is 0 Å². The summed E-state index contributed by atoms with van der Waals surface area (Å²) in [5.41, 5.74) is 2.13. The third-order valence-electron chi connectivity index (χ3n) is 4.99. The van der Waals surface area contributed by atoms with Gasteiger partial charge in [0.25, 0.3) is 0 Å². The minimum atomic E-state index is -3.78. The number of ether oxygens (including phenoxy) is 2. The summed E-state index contributed by atoms with van der Waals surface area (Å²) in [6.45, 7) is 4.25. The smallest absolute Gasteiger partial charge is 0.241 e.